The predicted octanol–water partition coefficient (Wildman–Crippen LogP) is -0.429. The lowest BCUT2D eigenvalue weighted by Gasteiger charge is -2.21. The topological polar surface area (TPSA) is 57.7 Å². The molecule has 0 bridgehead atoms. The standard InChI is InChI=1S/C8H12N2O3/c1-6(11)9(2)5-10-7(12)3-4-8(10)13/h3-5H2,1-2H3. The monoisotopic (exact) mass is 184 g/mol. The van der Waals surface area contributed by atoms with Crippen LogP contribution in [0, 0.1) is 0 Å². The van der Waals surface area contributed by atoms with Gasteiger partial charge >= 0.3 is 0 Å². The first-order valence-corrected chi connectivity index (χ1v) is 4.07. The van der Waals surface area contributed by atoms with Gasteiger partial charge in [-0.1, -0.05) is 0 Å². The quantitative estimate of drug-likeness (QED) is 0.547. The lowest BCUT2D eigenvalue weighted by molar-refractivity contribution is -0.142. The number of carbonyl (C=O) groups excluding carboxylic acids is 3. The summed E-state index contributed by atoms with van der Waals surface area (Å²) in [6.07, 6.45) is 0.537. The van der Waals surface area contributed by atoms with Gasteiger partial charge in [0.2, 0.25) is 17.7 Å². The van der Waals surface area contributed by atoms with E-state index in [1.807, 2.05) is 0 Å². The summed E-state index contributed by atoms with van der Waals surface area (Å²) in [6.45, 7) is 1.47. The summed E-state index contributed by atoms with van der Waals surface area (Å²) in [5.74, 6) is -0.552. The molecule has 72 valence electrons. The van der Waals surface area contributed by atoms with Crippen LogP contribution < -0.4 is 0 Å². The number of imide groups is 1. The average molecular weight is 184 g/mol. The second-order valence-corrected chi connectivity index (χ2v) is 3.07. The maximum atomic E-state index is 11.1. The zero-order chi connectivity index (χ0) is 10.0. The first kappa shape index (κ1) is 9.70. The number of amides is 3. The van der Waals surface area contributed by atoms with Gasteiger partial charge in [0.1, 0.15) is 6.67 Å². The van der Waals surface area contributed by atoms with Gasteiger partial charge in [0.15, 0.2) is 0 Å². The van der Waals surface area contributed by atoms with Crippen molar-refractivity contribution in [1.29, 1.82) is 0 Å². The Hall–Kier alpha value is -1.39. The molecule has 0 saturated carbocycles. The molecule has 5 nitrogen and oxygen atoms in total. The molecule has 3 amide bonds. The van der Waals surface area contributed by atoms with Gasteiger partial charge in [-0.2, -0.15) is 0 Å². The highest BCUT2D eigenvalue weighted by molar-refractivity contribution is 6.02. The molecule has 1 saturated heterocycles. The third-order valence-corrected chi connectivity index (χ3v) is 2.05. The molecule has 1 aliphatic rings. The highest BCUT2D eigenvalue weighted by Gasteiger charge is 2.29. The summed E-state index contributed by atoms with van der Waals surface area (Å²) in [7, 11) is 1.56. The van der Waals surface area contributed by atoms with Crippen molar-refractivity contribution in [3.63, 3.8) is 0 Å². The van der Waals surface area contributed by atoms with Crippen molar-refractivity contribution in [3.8, 4) is 0 Å². The summed E-state index contributed by atoms with van der Waals surface area (Å²) in [4.78, 5) is 35.5. The Balaban J connectivity index is 2.57. The Morgan fingerprint density at radius 1 is 1.38 bits per heavy atom. The van der Waals surface area contributed by atoms with E-state index < -0.39 is 0 Å². The van der Waals surface area contributed by atoms with Gasteiger partial charge in [0.25, 0.3) is 0 Å². The second kappa shape index (κ2) is 3.55. The first-order chi connectivity index (χ1) is 6.02. The molecule has 13 heavy (non-hydrogen) atoms. The fourth-order valence-corrected chi connectivity index (χ4v) is 1.09. The van der Waals surface area contributed by atoms with E-state index >= 15 is 0 Å². The van der Waals surface area contributed by atoms with E-state index in [0.29, 0.717) is 0 Å². The van der Waals surface area contributed by atoms with Gasteiger partial charge < -0.3 is 4.90 Å². The van der Waals surface area contributed by atoms with E-state index in [1.54, 1.807) is 7.05 Å². The van der Waals surface area contributed by atoms with Crippen LogP contribution in [-0.4, -0.2) is 41.2 Å². The van der Waals surface area contributed by atoms with Crippen LogP contribution in [0.5, 0.6) is 0 Å². The fourth-order valence-electron chi connectivity index (χ4n) is 1.09. The van der Waals surface area contributed by atoms with Crippen LogP contribution in [-0.2, 0) is 14.4 Å². The van der Waals surface area contributed by atoms with Gasteiger partial charge in [-0.15, -0.1) is 0 Å². The number of hydrogen-bond acceptors (Lipinski definition) is 3. The molecule has 0 aliphatic carbocycles. The molecule has 0 aromatic heterocycles. The van der Waals surface area contributed by atoms with E-state index in [-0.39, 0.29) is 37.2 Å². The highest BCUT2D eigenvalue weighted by Crippen LogP contribution is 2.11. The van der Waals surface area contributed by atoms with Gasteiger partial charge in [0, 0.05) is 26.8 Å². The Bertz CT molecular complexity index is 246. The molecule has 0 aromatic rings. The van der Waals surface area contributed by atoms with Gasteiger partial charge in [-0.25, -0.2) is 0 Å². The molecular weight excluding hydrogens is 172 g/mol. The van der Waals surface area contributed by atoms with Gasteiger partial charge in [-0.05, 0) is 0 Å². The molecule has 0 aromatic carbocycles. The number of likely N-dealkylation sites (tertiary alicyclic amines) is 1. The normalized spacial score (nSPS) is 16.6. The summed E-state index contributed by atoms with van der Waals surface area (Å²) in [6, 6.07) is 0. The minimum Gasteiger partial charge on any atom is -0.328 e. The molecule has 1 heterocycles. The lowest BCUT2D eigenvalue weighted by Crippen LogP contribution is -2.40. The number of hydrogen-bond donors (Lipinski definition) is 0. The molecule has 1 aliphatic heterocycles. The summed E-state index contributed by atoms with van der Waals surface area (Å²) >= 11 is 0. The molecule has 0 N–H and O–H groups in total. The lowest BCUT2D eigenvalue weighted by atomic mass is 10.4. The molecule has 0 atom stereocenters. The fraction of sp³-hybridized carbons (Fsp3) is 0.625. The predicted molar refractivity (Wildman–Crippen MR) is 44.4 cm³/mol. The van der Waals surface area contributed by atoms with Crippen molar-refractivity contribution in [2.24, 2.45) is 0 Å². The van der Waals surface area contributed by atoms with Crippen LogP contribution in [0.1, 0.15) is 19.8 Å². The van der Waals surface area contributed by atoms with E-state index in [0.717, 1.165) is 4.90 Å². The van der Waals surface area contributed by atoms with E-state index in [9.17, 15) is 14.4 Å². The minimum absolute atomic E-state index is 0.0764. The average Bonchev–Trinajstić information content (AvgIpc) is 2.35. The largest absolute Gasteiger partial charge is 0.328 e. The van der Waals surface area contributed by atoms with Crippen molar-refractivity contribution < 1.29 is 14.4 Å². The van der Waals surface area contributed by atoms with Crippen LogP contribution >= 0.6 is 0 Å². The van der Waals surface area contributed by atoms with Crippen molar-refractivity contribution in [1.82, 2.24) is 9.80 Å². The summed E-state index contributed by atoms with van der Waals surface area (Å²) in [5.41, 5.74) is 0. The molecule has 1 rings (SSSR count). The highest BCUT2D eigenvalue weighted by atomic mass is 16.2. The van der Waals surface area contributed by atoms with Crippen molar-refractivity contribution in [3.05, 3.63) is 0 Å². The molecule has 5 heteroatoms. The van der Waals surface area contributed by atoms with Crippen LogP contribution in [0.4, 0.5) is 0 Å². The minimum atomic E-state index is -0.196. The third kappa shape index (κ3) is 2.05. The van der Waals surface area contributed by atoms with Crippen LogP contribution in [0.15, 0.2) is 0 Å². The summed E-state index contributed by atoms with van der Waals surface area (Å²) < 4.78 is 0. The molecular formula is C8H12N2O3. The maximum Gasteiger partial charge on any atom is 0.231 e. The Kier molecular flexibility index (Phi) is 2.65. The molecule has 0 radical (unpaired) electrons. The first-order valence-electron chi connectivity index (χ1n) is 4.07. The zero-order valence-electron chi connectivity index (χ0n) is 7.74. The van der Waals surface area contributed by atoms with Crippen LogP contribution in [0.3, 0.4) is 0 Å². The molecule has 1 fully saturated rings. The third-order valence-electron chi connectivity index (χ3n) is 2.05. The van der Waals surface area contributed by atoms with Crippen molar-refractivity contribution in [2.45, 2.75) is 19.8 Å². The SMILES string of the molecule is CC(=O)N(C)CN1C(=O)CCC1=O. The zero-order valence-corrected chi connectivity index (χ0v) is 7.74. The smallest absolute Gasteiger partial charge is 0.231 e. The van der Waals surface area contributed by atoms with E-state index in [4.69, 9.17) is 0 Å². The van der Waals surface area contributed by atoms with Crippen molar-refractivity contribution >= 4 is 17.7 Å². The van der Waals surface area contributed by atoms with Crippen molar-refractivity contribution in [2.75, 3.05) is 13.7 Å². The van der Waals surface area contributed by atoms with E-state index in [2.05, 4.69) is 0 Å². The molecule has 0 spiro atoms. The van der Waals surface area contributed by atoms with Crippen LogP contribution in [0.25, 0.3) is 0 Å². The molecule has 0 unspecified atom stereocenters. The van der Waals surface area contributed by atoms with Gasteiger partial charge in [0.05, 0.1) is 0 Å². The maximum absolute atomic E-state index is 11.1. The number of nitrogens with zero attached hydrogens (tertiary/aromatic N) is 2. The van der Waals surface area contributed by atoms with Gasteiger partial charge in [-0.3, -0.25) is 19.3 Å². The summed E-state index contributed by atoms with van der Waals surface area (Å²) in [5, 5.41) is 0. The Morgan fingerprint density at radius 2 is 1.85 bits per heavy atom. The number of rotatable bonds is 2. The van der Waals surface area contributed by atoms with E-state index in [1.165, 1.54) is 11.8 Å². The Labute approximate surface area is 76.3 Å². The second-order valence-electron chi connectivity index (χ2n) is 3.07. The number of carbonyl (C=O) groups is 3. The van der Waals surface area contributed by atoms with Crippen LogP contribution in [0.2, 0.25) is 0 Å². The Morgan fingerprint density at radius 3 is 2.23 bits per heavy atom.